The van der Waals surface area contributed by atoms with Gasteiger partial charge in [-0.05, 0) is 58.1 Å². The predicted octanol–water partition coefficient (Wildman–Crippen LogP) is 7.94. The van der Waals surface area contributed by atoms with E-state index in [4.69, 9.17) is 4.74 Å². The molecule has 0 saturated carbocycles. The molecule has 0 aliphatic heterocycles. The fourth-order valence-corrected chi connectivity index (χ4v) is 3.31. The summed E-state index contributed by atoms with van der Waals surface area (Å²) in [6.45, 7) is 5.26. The summed E-state index contributed by atoms with van der Waals surface area (Å²) >= 11 is 0. The molecular formula is C28H35FO3. The molecule has 0 N–H and O–H groups in total. The minimum atomic E-state index is 0.223. The minimum Gasteiger partial charge on any atom is -0.493 e. The molecule has 172 valence electrons. The van der Waals surface area contributed by atoms with Crippen LogP contribution in [0.3, 0.4) is 0 Å². The first-order valence-electron chi connectivity index (χ1n) is 11.5. The quantitative estimate of drug-likeness (QED) is 0.188. The molecule has 0 bridgehead atoms. The largest absolute Gasteiger partial charge is 0.493 e. The molecule has 0 saturated heterocycles. The smallest absolute Gasteiger partial charge is 0.127 e. The lowest BCUT2D eigenvalue weighted by atomic mass is 10.00. The van der Waals surface area contributed by atoms with Gasteiger partial charge in [-0.3, -0.25) is 0 Å². The molecule has 0 heterocycles. The van der Waals surface area contributed by atoms with Crippen molar-refractivity contribution in [3.05, 3.63) is 101 Å². The summed E-state index contributed by atoms with van der Waals surface area (Å²) in [4.78, 5) is 4.30. The first kappa shape index (κ1) is 25.6. The van der Waals surface area contributed by atoms with Crippen molar-refractivity contribution in [1.29, 1.82) is 0 Å². The Hall–Kier alpha value is -2.69. The molecule has 1 aliphatic carbocycles. The maximum absolute atomic E-state index is 11.6. The number of unbranched alkanes of at least 4 members (excludes halogenated alkanes) is 1. The lowest BCUT2D eigenvalue weighted by Gasteiger charge is -2.13. The molecule has 2 rings (SSSR count). The highest BCUT2D eigenvalue weighted by Crippen LogP contribution is 2.24. The molecule has 1 aromatic rings. The highest BCUT2D eigenvalue weighted by molar-refractivity contribution is 5.77. The van der Waals surface area contributed by atoms with E-state index in [1.54, 1.807) is 0 Å². The molecule has 32 heavy (non-hydrogen) atoms. The van der Waals surface area contributed by atoms with E-state index < -0.39 is 0 Å². The molecule has 0 atom stereocenters. The summed E-state index contributed by atoms with van der Waals surface area (Å²) in [6.07, 6.45) is 24.5. The van der Waals surface area contributed by atoms with Gasteiger partial charge < -0.3 is 4.74 Å². The Morgan fingerprint density at radius 2 is 1.53 bits per heavy atom. The van der Waals surface area contributed by atoms with Crippen molar-refractivity contribution in [1.82, 2.24) is 0 Å². The van der Waals surface area contributed by atoms with Crippen molar-refractivity contribution in [2.45, 2.75) is 52.4 Å². The maximum atomic E-state index is 11.6. The van der Waals surface area contributed by atoms with E-state index in [1.807, 2.05) is 18.2 Å². The third kappa shape index (κ3) is 9.63. The number of hydrogen-bond donors (Lipinski definition) is 0. The normalized spacial score (nSPS) is 22.2. The molecule has 0 unspecified atom stereocenters. The third-order valence-electron chi connectivity index (χ3n) is 5.03. The summed E-state index contributed by atoms with van der Waals surface area (Å²) in [6, 6.07) is 8.39. The summed E-state index contributed by atoms with van der Waals surface area (Å²) in [5.41, 5.74) is 4.58. The van der Waals surface area contributed by atoms with Gasteiger partial charge in [-0.1, -0.05) is 99.6 Å². The van der Waals surface area contributed by atoms with Crippen LogP contribution in [0.5, 0.6) is 0 Å². The predicted molar refractivity (Wildman–Crippen MR) is 130 cm³/mol. The van der Waals surface area contributed by atoms with E-state index >= 15 is 0 Å². The third-order valence-corrected chi connectivity index (χ3v) is 5.03. The Bertz CT molecular complexity index is 842. The lowest BCUT2D eigenvalue weighted by Crippen LogP contribution is -1.98. The zero-order chi connectivity index (χ0) is 22.9. The fourth-order valence-electron chi connectivity index (χ4n) is 3.31. The molecule has 0 fully saturated rings. The van der Waals surface area contributed by atoms with Crippen molar-refractivity contribution in [2.24, 2.45) is 0 Å². The lowest BCUT2D eigenvalue weighted by molar-refractivity contribution is -0.429. The molecule has 3 nitrogen and oxygen atoms in total. The zero-order valence-electron chi connectivity index (χ0n) is 19.3. The number of aryl methyl sites for hydroxylation is 1. The van der Waals surface area contributed by atoms with Gasteiger partial charge in [-0.25, -0.2) is 4.89 Å². The van der Waals surface area contributed by atoms with Gasteiger partial charge in [0.25, 0.3) is 0 Å². The Labute approximate surface area is 192 Å². The fraction of sp³-hybridized carbons (Fsp3) is 0.357. The highest BCUT2D eigenvalue weighted by Gasteiger charge is 2.07. The van der Waals surface area contributed by atoms with E-state index in [-0.39, 0.29) is 6.61 Å². The van der Waals surface area contributed by atoms with Crippen LogP contribution in [0.1, 0.15) is 57.1 Å². The first-order chi connectivity index (χ1) is 15.8. The summed E-state index contributed by atoms with van der Waals surface area (Å²) in [5, 5.41) is 3.16. The van der Waals surface area contributed by atoms with Crippen molar-refractivity contribution in [2.75, 3.05) is 13.2 Å². The van der Waals surface area contributed by atoms with Gasteiger partial charge in [0.1, 0.15) is 5.76 Å². The molecular weight excluding hydrogens is 403 g/mol. The number of halogens is 1. The van der Waals surface area contributed by atoms with Crippen molar-refractivity contribution >= 4 is 5.57 Å². The number of benzene rings is 1. The summed E-state index contributed by atoms with van der Waals surface area (Å²) in [5.74, 6) is 0.862. The molecule has 0 aromatic heterocycles. The number of ether oxygens (including phenoxy) is 1. The molecule has 0 radical (unpaired) electrons. The number of allylic oxidation sites excluding steroid dienone is 11. The van der Waals surface area contributed by atoms with E-state index in [2.05, 4.69) is 84.5 Å². The average molecular weight is 439 g/mol. The van der Waals surface area contributed by atoms with Crippen LogP contribution in [0.15, 0.2) is 90.3 Å². The second-order valence-corrected chi connectivity index (χ2v) is 7.62. The van der Waals surface area contributed by atoms with Crippen LogP contribution >= 0.6 is 0 Å². The van der Waals surface area contributed by atoms with Gasteiger partial charge in [0.15, 0.2) is 0 Å². The van der Waals surface area contributed by atoms with E-state index in [0.29, 0.717) is 13.0 Å². The van der Waals surface area contributed by atoms with Crippen LogP contribution < -0.4 is 0 Å². The Kier molecular flexibility index (Phi) is 12.8. The first-order valence-corrected chi connectivity index (χ1v) is 11.5. The van der Waals surface area contributed by atoms with Crippen LogP contribution in [0.25, 0.3) is 5.57 Å². The highest BCUT2D eigenvalue weighted by atomic mass is 19.3. The molecule has 0 spiro atoms. The maximum Gasteiger partial charge on any atom is 0.127 e. The van der Waals surface area contributed by atoms with Crippen molar-refractivity contribution in [3.8, 4) is 0 Å². The van der Waals surface area contributed by atoms with Gasteiger partial charge >= 0.3 is 0 Å². The topological polar surface area (TPSA) is 27.7 Å². The van der Waals surface area contributed by atoms with E-state index in [1.165, 1.54) is 5.57 Å². The van der Waals surface area contributed by atoms with Gasteiger partial charge in [-0.2, -0.15) is 0 Å². The van der Waals surface area contributed by atoms with E-state index in [9.17, 15) is 4.53 Å². The van der Waals surface area contributed by atoms with Gasteiger partial charge in [-0.15, -0.1) is 0 Å². The molecule has 4 heteroatoms. The standard InChI is InChI=1S/C28H35FO3/c1-3-5-22-30-28-17-10-14-24(12-4-2)13-8-6-7-9-16-27(28)26-20-18-25(19-21-26)15-11-23-31-32-29/h6-10,13-14,16-21H,3-5,11-12,15,22-23H2,1-2H3/b7-6+,8-6?,9-7?,13-8-,14-10?,16-9-,17-10+,24-13?,24-14-,27-16?,28-17?,28-27-. The van der Waals surface area contributed by atoms with Crippen molar-refractivity contribution in [3.63, 3.8) is 0 Å². The Morgan fingerprint density at radius 3 is 2.25 bits per heavy atom. The van der Waals surface area contributed by atoms with Crippen LogP contribution in [-0.4, -0.2) is 13.2 Å². The Morgan fingerprint density at radius 1 is 0.750 bits per heavy atom. The SMILES string of the molecule is CCCCOC1=C(c2ccc(CCCOOF)cc2)/C=C\C=C\C=C/C(CCC)=C\C=C\1. The minimum absolute atomic E-state index is 0.223. The van der Waals surface area contributed by atoms with Crippen molar-refractivity contribution < 1.29 is 19.2 Å². The zero-order valence-corrected chi connectivity index (χ0v) is 19.3. The monoisotopic (exact) mass is 438 g/mol. The van der Waals surface area contributed by atoms with Gasteiger partial charge in [0, 0.05) is 5.57 Å². The average Bonchev–Trinajstić information content (AvgIpc) is 2.80. The molecule has 0 amide bonds. The van der Waals surface area contributed by atoms with Crippen LogP contribution in [0.2, 0.25) is 0 Å². The number of hydrogen-bond acceptors (Lipinski definition) is 3. The summed E-state index contributed by atoms with van der Waals surface area (Å²) < 4.78 is 17.8. The second kappa shape index (κ2) is 16.0. The van der Waals surface area contributed by atoms with Crippen LogP contribution in [0, 0.1) is 0 Å². The van der Waals surface area contributed by atoms with E-state index in [0.717, 1.165) is 54.6 Å². The summed E-state index contributed by atoms with van der Waals surface area (Å²) in [7, 11) is 0. The van der Waals surface area contributed by atoms with Gasteiger partial charge in [0.2, 0.25) is 0 Å². The number of rotatable bonds is 12. The Balaban J connectivity index is 2.34. The van der Waals surface area contributed by atoms with Crippen LogP contribution in [-0.2, 0) is 21.1 Å². The molecule has 1 aromatic carbocycles. The van der Waals surface area contributed by atoms with Crippen LogP contribution in [0.4, 0.5) is 4.53 Å². The second-order valence-electron chi connectivity index (χ2n) is 7.62. The molecule has 1 aliphatic rings. The van der Waals surface area contributed by atoms with Gasteiger partial charge in [0.05, 0.1) is 13.2 Å².